The summed E-state index contributed by atoms with van der Waals surface area (Å²) in [6.45, 7) is 0. The summed E-state index contributed by atoms with van der Waals surface area (Å²) in [6.07, 6.45) is 0.969. The molecule has 0 radical (unpaired) electrons. The van der Waals surface area contributed by atoms with E-state index in [2.05, 4.69) is 10.2 Å². The number of hydrogen-bond donors (Lipinski definition) is 1. The second-order valence-corrected chi connectivity index (χ2v) is 6.88. The number of nitrogens with zero attached hydrogens (tertiary/aromatic N) is 1. The van der Waals surface area contributed by atoms with Crippen LogP contribution in [0.3, 0.4) is 0 Å². The lowest BCUT2D eigenvalue weighted by Crippen LogP contribution is -2.23. The molecule has 2 aromatic carbocycles. The van der Waals surface area contributed by atoms with Gasteiger partial charge in [0.1, 0.15) is 16.4 Å². The molecular weight excluding hydrogens is 390 g/mol. The zero-order valence-electron chi connectivity index (χ0n) is 12.2. The van der Waals surface area contributed by atoms with Gasteiger partial charge in [0.05, 0.1) is 17.1 Å². The Balaban J connectivity index is 2.11. The van der Waals surface area contributed by atoms with E-state index in [0.717, 1.165) is 12.3 Å². The second kappa shape index (κ2) is 5.90. The summed E-state index contributed by atoms with van der Waals surface area (Å²) in [5.41, 5.74) is -6.06. The summed E-state index contributed by atoms with van der Waals surface area (Å²) in [4.78, 5) is -1.10. The normalized spacial score (nSPS) is 12.5. The van der Waals surface area contributed by atoms with Gasteiger partial charge in [-0.1, -0.05) is 0 Å². The number of rotatable bonds is 3. The standard InChI is InChI=1S/C14H6F6N2O3S/c15-8-3-6(4-9(16)12(8)17)25-10-1-2-11(13-7(10)5-21-22-13)26(23,24)14(18,19)20/h1-5H,(H,21,22). The minimum atomic E-state index is -5.68. The lowest BCUT2D eigenvalue weighted by molar-refractivity contribution is -0.0435. The number of halogens is 6. The van der Waals surface area contributed by atoms with Gasteiger partial charge in [-0.25, -0.2) is 21.6 Å². The highest BCUT2D eigenvalue weighted by Crippen LogP contribution is 2.38. The van der Waals surface area contributed by atoms with Crippen molar-refractivity contribution >= 4 is 20.7 Å². The van der Waals surface area contributed by atoms with E-state index in [4.69, 9.17) is 4.74 Å². The van der Waals surface area contributed by atoms with Gasteiger partial charge in [-0.2, -0.15) is 18.3 Å². The highest BCUT2D eigenvalue weighted by Gasteiger charge is 2.48. The van der Waals surface area contributed by atoms with Gasteiger partial charge >= 0.3 is 5.51 Å². The molecule has 3 aromatic rings. The lowest BCUT2D eigenvalue weighted by Gasteiger charge is -2.12. The number of ether oxygens (including phenoxy) is 1. The van der Waals surface area contributed by atoms with Crippen LogP contribution >= 0.6 is 0 Å². The van der Waals surface area contributed by atoms with E-state index in [1.54, 1.807) is 0 Å². The number of H-pyrrole nitrogens is 1. The Morgan fingerprint density at radius 2 is 1.65 bits per heavy atom. The van der Waals surface area contributed by atoms with Gasteiger partial charge in [0, 0.05) is 12.1 Å². The molecule has 0 spiro atoms. The van der Waals surface area contributed by atoms with Crippen LogP contribution in [0.1, 0.15) is 0 Å². The smallest absolute Gasteiger partial charge is 0.456 e. The first kappa shape index (κ1) is 18.0. The van der Waals surface area contributed by atoms with Gasteiger partial charge in [-0.15, -0.1) is 0 Å². The molecule has 12 heteroatoms. The number of nitrogens with one attached hydrogen (secondary N) is 1. The largest absolute Gasteiger partial charge is 0.501 e. The number of sulfone groups is 1. The molecule has 0 bridgehead atoms. The van der Waals surface area contributed by atoms with Crippen molar-refractivity contribution in [1.82, 2.24) is 10.2 Å². The van der Waals surface area contributed by atoms with E-state index in [1.807, 2.05) is 0 Å². The topological polar surface area (TPSA) is 72.1 Å². The first-order valence-corrected chi connectivity index (χ1v) is 8.10. The SMILES string of the molecule is O=S(=O)(c1ccc(Oc2cc(F)c(F)c(F)c2)c2cn[nH]c12)C(F)(F)F. The van der Waals surface area contributed by atoms with Gasteiger partial charge < -0.3 is 4.74 Å². The Morgan fingerprint density at radius 3 is 2.23 bits per heavy atom. The first-order valence-electron chi connectivity index (χ1n) is 6.62. The molecule has 1 aromatic heterocycles. The molecule has 0 aliphatic heterocycles. The molecule has 0 atom stereocenters. The quantitative estimate of drug-likeness (QED) is 0.535. The van der Waals surface area contributed by atoms with Crippen LogP contribution in [-0.2, 0) is 9.84 Å². The van der Waals surface area contributed by atoms with Crippen LogP contribution in [0.25, 0.3) is 10.9 Å². The van der Waals surface area contributed by atoms with Crippen molar-refractivity contribution in [3.63, 3.8) is 0 Å². The average molecular weight is 396 g/mol. The first-order chi connectivity index (χ1) is 12.0. The van der Waals surface area contributed by atoms with Crippen LogP contribution in [0.15, 0.2) is 35.4 Å². The minimum absolute atomic E-state index is 0.194. The van der Waals surface area contributed by atoms with E-state index in [9.17, 15) is 34.8 Å². The maximum absolute atomic E-state index is 13.2. The molecule has 0 saturated heterocycles. The summed E-state index contributed by atoms with van der Waals surface area (Å²) in [6, 6.07) is 2.50. The third-order valence-electron chi connectivity index (χ3n) is 3.32. The highest BCUT2D eigenvalue weighted by molar-refractivity contribution is 7.92. The predicted molar refractivity (Wildman–Crippen MR) is 75.7 cm³/mol. The number of hydrogen-bond acceptors (Lipinski definition) is 4. The van der Waals surface area contributed by atoms with Crippen LogP contribution in [0.5, 0.6) is 11.5 Å². The van der Waals surface area contributed by atoms with Crippen LogP contribution < -0.4 is 4.74 Å². The van der Waals surface area contributed by atoms with Crippen LogP contribution in [0.2, 0.25) is 0 Å². The summed E-state index contributed by atoms with van der Waals surface area (Å²) in [5, 5.41) is 5.38. The number of aromatic amines is 1. The highest BCUT2D eigenvalue weighted by atomic mass is 32.2. The van der Waals surface area contributed by atoms with Crippen molar-refractivity contribution in [1.29, 1.82) is 0 Å². The number of alkyl halides is 3. The van der Waals surface area contributed by atoms with Crippen LogP contribution in [0, 0.1) is 17.5 Å². The summed E-state index contributed by atoms with van der Waals surface area (Å²) < 4.78 is 106. The summed E-state index contributed by atoms with van der Waals surface area (Å²) >= 11 is 0. The van der Waals surface area contributed by atoms with Crippen molar-refractivity contribution < 1.29 is 39.5 Å². The Kier molecular flexibility index (Phi) is 4.09. The third kappa shape index (κ3) is 2.85. The summed E-state index contributed by atoms with van der Waals surface area (Å²) in [5.74, 6) is -5.55. The van der Waals surface area contributed by atoms with E-state index < -0.39 is 49.0 Å². The molecule has 0 unspecified atom stereocenters. The minimum Gasteiger partial charge on any atom is -0.456 e. The number of benzene rings is 2. The molecule has 26 heavy (non-hydrogen) atoms. The molecule has 138 valence electrons. The van der Waals surface area contributed by atoms with E-state index in [-0.39, 0.29) is 11.1 Å². The van der Waals surface area contributed by atoms with Gasteiger partial charge in [-0.3, -0.25) is 5.10 Å². The second-order valence-electron chi connectivity index (χ2n) is 4.97. The Morgan fingerprint density at radius 1 is 1.04 bits per heavy atom. The van der Waals surface area contributed by atoms with Gasteiger partial charge in [-0.05, 0) is 12.1 Å². The maximum atomic E-state index is 13.2. The summed E-state index contributed by atoms with van der Waals surface area (Å²) in [7, 11) is -5.68. The van der Waals surface area contributed by atoms with Crippen molar-refractivity contribution in [3.8, 4) is 11.5 Å². The molecule has 0 aliphatic carbocycles. The van der Waals surface area contributed by atoms with Gasteiger partial charge in [0.2, 0.25) is 0 Å². The number of aromatic nitrogens is 2. The van der Waals surface area contributed by atoms with E-state index >= 15 is 0 Å². The molecule has 0 amide bonds. The third-order valence-corrected chi connectivity index (χ3v) is 4.85. The number of fused-ring (bicyclic) bond motifs is 1. The zero-order chi connectivity index (χ0) is 19.3. The molecule has 3 rings (SSSR count). The van der Waals surface area contributed by atoms with Gasteiger partial charge in [0.25, 0.3) is 9.84 Å². The van der Waals surface area contributed by atoms with Crippen molar-refractivity contribution in [2.24, 2.45) is 0 Å². The van der Waals surface area contributed by atoms with E-state index in [0.29, 0.717) is 18.2 Å². The molecule has 5 nitrogen and oxygen atoms in total. The lowest BCUT2D eigenvalue weighted by atomic mass is 10.2. The fourth-order valence-electron chi connectivity index (χ4n) is 2.14. The molecule has 0 saturated carbocycles. The fraction of sp³-hybridized carbons (Fsp3) is 0.0714. The van der Waals surface area contributed by atoms with Gasteiger partial charge in [0.15, 0.2) is 17.5 Å². The molecular formula is C14H6F6N2O3S. The van der Waals surface area contributed by atoms with Crippen molar-refractivity contribution in [3.05, 3.63) is 47.9 Å². The Labute approximate surface area is 141 Å². The average Bonchev–Trinajstić information content (AvgIpc) is 3.01. The predicted octanol–water partition coefficient (Wildman–Crippen LogP) is 4.07. The monoisotopic (exact) mass is 396 g/mol. The maximum Gasteiger partial charge on any atom is 0.501 e. The molecule has 1 heterocycles. The Bertz CT molecular complexity index is 1080. The van der Waals surface area contributed by atoms with Crippen LogP contribution in [0.4, 0.5) is 26.3 Å². The van der Waals surface area contributed by atoms with Crippen LogP contribution in [-0.4, -0.2) is 24.1 Å². The fourth-order valence-corrected chi connectivity index (χ4v) is 3.06. The molecule has 0 fully saturated rings. The Hall–Kier alpha value is -2.76. The van der Waals surface area contributed by atoms with Crippen molar-refractivity contribution in [2.45, 2.75) is 10.4 Å². The van der Waals surface area contributed by atoms with E-state index in [1.165, 1.54) is 0 Å². The molecule has 0 aliphatic rings. The molecule has 1 N–H and O–H groups in total. The zero-order valence-corrected chi connectivity index (χ0v) is 13.1. The van der Waals surface area contributed by atoms with Crippen molar-refractivity contribution in [2.75, 3.05) is 0 Å².